The third-order valence-electron chi connectivity index (χ3n) is 10.7. The minimum absolute atomic E-state index is 0.00546. The van der Waals surface area contributed by atoms with Crippen molar-refractivity contribution in [3.8, 4) is 0 Å². The van der Waals surface area contributed by atoms with Crippen LogP contribution in [0.2, 0.25) is 0 Å². The first kappa shape index (κ1) is 49.7. The maximum Gasteiger partial charge on any atom is 0.306 e. The van der Waals surface area contributed by atoms with E-state index in [4.69, 9.17) is 9.84 Å². The fraction of sp³-hybridized carbons (Fsp3) is 0.915. The van der Waals surface area contributed by atoms with E-state index in [9.17, 15) is 9.59 Å². The van der Waals surface area contributed by atoms with Gasteiger partial charge in [-0.2, -0.15) is 0 Å². The molecule has 0 bridgehead atoms. The molecule has 0 saturated heterocycles. The predicted octanol–water partition coefficient (Wildman–Crippen LogP) is 16.2. The molecule has 1 atom stereocenters. The smallest absolute Gasteiger partial charge is 0.306 e. The number of carboxylic acids is 1. The van der Waals surface area contributed by atoms with Gasteiger partial charge in [0.25, 0.3) is 0 Å². The molecule has 0 fully saturated rings. The Labute approximate surface area is 319 Å². The van der Waals surface area contributed by atoms with Gasteiger partial charge in [-0.15, -0.1) is 0 Å². The highest BCUT2D eigenvalue weighted by molar-refractivity contribution is 5.69. The number of aliphatic carboxylic acids is 1. The van der Waals surface area contributed by atoms with Crippen LogP contribution in [0.3, 0.4) is 0 Å². The normalized spacial score (nSPS) is 12.2. The van der Waals surface area contributed by atoms with Crippen molar-refractivity contribution in [3.05, 3.63) is 12.2 Å². The Hall–Kier alpha value is -1.32. The molecule has 0 spiro atoms. The number of carbonyl (C=O) groups excluding carboxylic acids is 1. The fourth-order valence-corrected chi connectivity index (χ4v) is 7.31. The van der Waals surface area contributed by atoms with Crippen molar-refractivity contribution in [1.29, 1.82) is 0 Å². The fourth-order valence-electron chi connectivity index (χ4n) is 7.31. The molecule has 1 unspecified atom stereocenters. The van der Waals surface area contributed by atoms with Gasteiger partial charge in [-0.25, -0.2) is 0 Å². The van der Waals surface area contributed by atoms with Gasteiger partial charge in [-0.05, 0) is 57.8 Å². The zero-order valence-electron chi connectivity index (χ0n) is 34.7. The third kappa shape index (κ3) is 43.0. The van der Waals surface area contributed by atoms with Crippen molar-refractivity contribution >= 4 is 11.9 Å². The molecule has 0 aromatic carbocycles. The Kier molecular flexibility index (Phi) is 42.0. The lowest BCUT2D eigenvalue weighted by molar-refractivity contribution is -0.150. The Morgan fingerprint density at radius 3 is 1.14 bits per heavy atom. The lowest BCUT2D eigenvalue weighted by Gasteiger charge is -2.18. The van der Waals surface area contributed by atoms with Crippen molar-refractivity contribution in [2.75, 3.05) is 0 Å². The van der Waals surface area contributed by atoms with Crippen molar-refractivity contribution < 1.29 is 19.4 Å². The molecular weight excluding hydrogens is 629 g/mol. The number of allylic oxidation sites excluding steroid dienone is 2. The van der Waals surface area contributed by atoms with Crippen molar-refractivity contribution in [2.24, 2.45) is 0 Å². The quantitative estimate of drug-likeness (QED) is 0.0387. The molecule has 1 N–H and O–H groups in total. The van der Waals surface area contributed by atoms with Crippen LogP contribution < -0.4 is 0 Å². The second-order valence-electron chi connectivity index (χ2n) is 15.9. The number of ether oxygens (including phenoxy) is 1. The van der Waals surface area contributed by atoms with E-state index in [0.717, 1.165) is 70.6 Å². The van der Waals surface area contributed by atoms with Crippen LogP contribution in [-0.2, 0) is 14.3 Å². The van der Waals surface area contributed by atoms with Gasteiger partial charge >= 0.3 is 11.9 Å². The summed E-state index contributed by atoms with van der Waals surface area (Å²) in [5, 5.41) is 8.84. The van der Waals surface area contributed by atoms with Crippen LogP contribution in [0.5, 0.6) is 0 Å². The Balaban J connectivity index is 3.92. The molecule has 0 aliphatic carbocycles. The molecule has 4 nitrogen and oxygen atoms in total. The van der Waals surface area contributed by atoms with Gasteiger partial charge in [0.15, 0.2) is 0 Å². The predicted molar refractivity (Wildman–Crippen MR) is 223 cm³/mol. The highest BCUT2D eigenvalue weighted by Crippen LogP contribution is 2.19. The Bertz CT molecular complexity index is 732. The van der Waals surface area contributed by atoms with Gasteiger partial charge in [0.05, 0.1) is 0 Å². The van der Waals surface area contributed by atoms with E-state index in [-0.39, 0.29) is 18.5 Å². The van der Waals surface area contributed by atoms with E-state index in [2.05, 4.69) is 26.0 Å². The summed E-state index contributed by atoms with van der Waals surface area (Å²) in [7, 11) is 0. The number of esters is 1. The van der Waals surface area contributed by atoms with E-state index in [1.54, 1.807) is 0 Å². The monoisotopic (exact) mass is 719 g/mol. The minimum atomic E-state index is -0.700. The molecule has 0 aromatic heterocycles. The number of hydrogen-bond donors (Lipinski definition) is 1. The molecule has 0 radical (unpaired) electrons. The van der Waals surface area contributed by atoms with Gasteiger partial charge in [0.2, 0.25) is 0 Å². The maximum atomic E-state index is 12.7. The SMILES string of the molecule is CCCCCCCCCC/C=C\CCCC(CCCCCCCC(=O)O)OC(=O)CCCCCCCCCCCCCCCCCCCCCC. The van der Waals surface area contributed by atoms with E-state index in [1.165, 1.54) is 173 Å². The van der Waals surface area contributed by atoms with Crippen LogP contribution in [0.15, 0.2) is 12.2 Å². The summed E-state index contributed by atoms with van der Waals surface area (Å²) in [4.78, 5) is 23.5. The number of carboxylic acid groups (broad SMARTS) is 1. The first-order chi connectivity index (χ1) is 25.1. The summed E-state index contributed by atoms with van der Waals surface area (Å²) < 4.78 is 6.02. The minimum Gasteiger partial charge on any atom is -0.481 e. The van der Waals surface area contributed by atoms with Crippen LogP contribution in [0, 0.1) is 0 Å². The van der Waals surface area contributed by atoms with Gasteiger partial charge < -0.3 is 9.84 Å². The number of rotatable bonds is 43. The van der Waals surface area contributed by atoms with Gasteiger partial charge in [-0.1, -0.05) is 212 Å². The van der Waals surface area contributed by atoms with E-state index in [0.29, 0.717) is 6.42 Å². The standard InChI is InChI=1S/C47H90O4/c1-3-5-7-9-11-13-15-17-18-19-20-21-22-23-25-27-29-31-36-40-44-47(50)51-45(42-38-34-32-35-39-43-46(48)49)41-37-33-30-28-26-24-16-14-12-10-8-6-4-2/h28,30,45H,3-27,29,31-44H2,1-2H3,(H,48,49)/b30-28-. The second kappa shape index (κ2) is 43.1. The Morgan fingerprint density at radius 1 is 0.412 bits per heavy atom. The summed E-state index contributed by atoms with van der Waals surface area (Å²) in [5.74, 6) is -0.705. The highest BCUT2D eigenvalue weighted by atomic mass is 16.5. The Morgan fingerprint density at radius 2 is 0.725 bits per heavy atom. The second-order valence-corrected chi connectivity index (χ2v) is 15.9. The molecule has 0 saturated carbocycles. The van der Waals surface area contributed by atoms with E-state index >= 15 is 0 Å². The van der Waals surface area contributed by atoms with Crippen molar-refractivity contribution in [3.63, 3.8) is 0 Å². The van der Waals surface area contributed by atoms with Crippen LogP contribution in [0.25, 0.3) is 0 Å². The summed E-state index contributed by atoms with van der Waals surface area (Å²) >= 11 is 0. The van der Waals surface area contributed by atoms with E-state index in [1.807, 2.05) is 0 Å². The van der Waals surface area contributed by atoms with Crippen LogP contribution in [0.4, 0.5) is 0 Å². The first-order valence-electron chi connectivity index (χ1n) is 23.2. The van der Waals surface area contributed by atoms with Crippen molar-refractivity contribution in [2.45, 2.75) is 277 Å². The first-order valence-corrected chi connectivity index (χ1v) is 23.2. The summed E-state index contributed by atoms with van der Waals surface area (Å²) in [6.07, 6.45) is 54.0. The topological polar surface area (TPSA) is 63.6 Å². The van der Waals surface area contributed by atoms with Crippen LogP contribution in [-0.4, -0.2) is 23.1 Å². The summed E-state index contributed by atoms with van der Waals surface area (Å²) in [6.45, 7) is 4.57. The molecular formula is C47H90O4. The van der Waals surface area contributed by atoms with Gasteiger partial charge in [0.1, 0.15) is 6.10 Å². The molecule has 0 aliphatic rings. The van der Waals surface area contributed by atoms with Gasteiger partial charge in [-0.3, -0.25) is 9.59 Å². The van der Waals surface area contributed by atoms with Crippen molar-refractivity contribution in [1.82, 2.24) is 0 Å². The molecule has 302 valence electrons. The lowest BCUT2D eigenvalue weighted by atomic mass is 10.0. The van der Waals surface area contributed by atoms with E-state index < -0.39 is 5.97 Å². The molecule has 0 heterocycles. The molecule has 0 rings (SSSR count). The largest absolute Gasteiger partial charge is 0.481 e. The number of hydrogen-bond acceptors (Lipinski definition) is 3. The molecule has 51 heavy (non-hydrogen) atoms. The lowest BCUT2D eigenvalue weighted by Crippen LogP contribution is -2.18. The molecule has 4 heteroatoms. The maximum absolute atomic E-state index is 12.7. The molecule has 0 amide bonds. The summed E-state index contributed by atoms with van der Waals surface area (Å²) in [5.41, 5.74) is 0. The van der Waals surface area contributed by atoms with Crippen LogP contribution in [0.1, 0.15) is 271 Å². The van der Waals surface area contributed by atoms with Gasteiger partial charge in [0, 0.05) is 12.8 Å². The average molecular weight is 719 g/mol. The number of unbranched alkanes of at least 4 members (excludes halogenated alkanes) is 32. The molecule has 0 aliphatic heterocycles. The molecule has 0 aromatic rings. The average Bonchev–Trinajstić information content (AvgIpc) is 3.12. The summed E-state index contributed by atoms with van der Waals surface area (Å²) in [6, 6.07) is 0. The number of carbonyl (C=O) groups is 2. The highest BCUT2D eigenvalue weighted by Gasteiger charge is 2.14. The van der Waals surface area contributed by atoms with Crippen LogP contribution >= 0.6 is 0 Å². The third-order valence-corrected chi connectivity index (χ3v) is 10.7. The zero-order chi connectivity index (χ0) is 37.1. The zero-order valence-corrected chi connectivity index (χ0v) is 34.7.